The number of halogens is 1. The zero-order valence-corrected chi connectivity index (χ0v) is 10.3. The molecule has 0 saturated heterocycles. The summed E-state index contributed by atoms with van der Waals surface area (Å²) in [7, 11) is 0. The second-order valence-electron chi connectivity index (χ2n) is 3.58. The van der Waals surface area contributed by atoms with Gasteiger partial charge in [0.2, 0.25) is 0 Å². The van der Waals surface area contributed by atoms with Crippen LogP contribution in [-0.2, 0) is 0 Å². The molecular weight excluding hydrogens is 238 g/mol. The minimum absolute atomic E-state index is 0.349. The third-order valence-electron chi connectivity index (χ3n) is 2.08. The molecule has 2 heteroatoms. The van der Waals surface area contributed by atoms with Crippen LogP contribution in [0.25, 0.3) is 0 Å². The van der Waals surface area contributed by atoms with E-state index in [4.69, 9.17) is 0 Å². The first-order chi connectivity index (χ1) is 6.61. The van der Waals surface area contributed by atoms with E-state index in [9.17, 15) is 0 Å². The van der Waals surface area contributed by atoms with Crippen molar-refractivity contribution in [1.29, 1.82) is 0 Å². The first-order valence-corrected chi connectivity index (χ1v) is 5.52. The van der Waals surface area contributed by atoms with Gasteiger partial charge in [-0.25, -0.2) is 0 Å². The lowest BCUT2D eigenvalue weighted by Crippen LogP contribution is -2.20. The lowest BCUT2D eigenvalue weighted by molar-refractivity contribution is 0.605. The molecule has 14 heavy (non-hydrogen) atoms. The Labute approximate surface area is 94.3 Å². The van der Waals surface area contributed by atoms with Gasteiger partial charge in [0, 0.05) is 17.1 Å². The van der Waals surface area contributed by atoms with Crippen LogP contribution in [0.5, 0.6) is 0 Å². The van der Waals surface area contributed by atoms with Crippen molar-refractivity contribution in [1.82, 2.24) is 5.32 Å². The van der Waals surface area contributed by atoms with Gasteiger partial charge in [0.1, 0.15) is 0 Å². The summed E-state index contributed by atoms with van der Waals surface area (Å²) in [6.07, 6.45) is 0. The zero-order chi connectivity index (χ0) is 10.6. The summed E-state index contributed by atoms with van der Waals surface area (Å²) in [4.78, 5) is 0. The lowest BCUT2D eigenvalue weighted by atomic mass is 10.1. The number of nitrogens with one attached hydrogen (secondary N) is 1. The summed E-state index contributed by atoms with van der Waals surface area (Å²) in [5, 5.41) is 3.41. The highest BCUT2D eigenvalue weighted by Gasteiger charge is 2.06. The van der Waals surface area contributed by atoms with Gasteiger partial charge in [0.25, 0.3) is 0 Å². The van der Waals surface area contributed by atoms with Crippen LogP contribution in [0.1, 0.15) is 25.5 Å². The fraction of sp³-hybridized carbons (Fsp3) is 0.333. The van der Waals surface area contributed by atoms with Crippen molar-refractivity contribution < 1.29 is 0 Å². The largest absolute Gasteiger partial charge is 0.306 e. The number of benzene rings is 1. The van der Waals surface area contributed by atoms with Crippen LogP contribution in [0, 0.1) is 0 Å². The summed E-state index contributed by atoms with van der Waals surface area (Å²) >= 11 is 3.54. The SMILES string of the molecule is C=C(C)CN[C@H](C)c1ccccc1Br. The summed E-state index contributed by atoms with van der Waals surface area (Å²) < 4.78 is 1.15. The van der Waals surface area contributed by atoms with Gasteiger partial charge in [-0.05, 0) is 25.5 Å². The van der Waals surface area contributed by atoms with Crippen molar-refractivity contribution in [3.63, 3.8) is 0 Å². The standard InChI is InChI=1S/C12H16BrN/c1-9(2)8-14-10(3)11-6-4-5-7-12(11)13/h4-7,10,14H,1,8H2,2-3H3/t10-/m1/s1. The van der Waals surface area contributed by atoms with Crippen LogP contribution in [0.3, 0.4) is 0 Å². The average molecular weight is 254 g/mol. The molecule has 0 heterocycles. The third kappa shape index (κ3) is 3.28. The van der Waals surface area contributed by atoms with E-state index < -0.39 is 0 Å². The molecule has 0 bridgehead atoms. The summed E-state index contributed by atoms with van der Waals surface area (Å²) in [6, 6.07) is 8.62. The van der Waals surface area contributed by atoms with Crippen LogP contribution in [0.4, 0.5) is 0 Å². The highest BCUT2D eigenvalue weighted by Crippen LogP contribution is 2.22. The second-order valence-corrected chi connectivity index (χ2v) is 4.44. The van der Waals surface area contributed by atoms with Crippen molar-refractivity contribution in [3.8, 4) is 0 Å². The minimum Gasteiger partial charge on any atom is -0.306 e. The van der Waals surface area contributed by atoms with E-state index in [0.717, 1.165) is 16.6 Å². The van der Waals surface area contributed by atoms with Crippen molar-refractivity contribution >= 4 is 15.9 Å². The van der Waals surface area contributed by atoms with Crippen molar-refractivity contribution in [2.45, 2.75) is 19.9 Å². The lowest BCUT2D eigenvalue weighted by Gasteiger charge is -2.15. The van der Waals surface area contributed by atoms with E-state index in [0.29, 0.717) is 6.04 Å². The molecule has 0 spiro atoms. The molecule has 1 atom stereocenters. The molecule has 0 fully saturated rings. The molecule has 0 aliphatic carbocycles. The molecule has 1 nitrogen and oxygen atoms in total. The molecule has 1 aromatic carbocycles. The maximum atomic E-state index is 3.87. The van der Waals surface area contributed by atoms with Crippen LogP contribution in [0.15, 0.2) is 40.9 Å². The summed E-state index contributed by atoms with van der Waals surface area (Å²) in [5.41, 5.74) is 2.44. The molecule has 1 aromatic rings. The molecule has 0 amide bonds. The molecule has 0 saturated carbocycles. The molecular formula is C12H16BrN. The molecule has 0 unspecified atom stereocenters. The Balaban J connectivity index is 2.65. The predicted octanol–water partition coefficient (Wildman–Crippen LogP) is 3.68. The van der Waals surface area contributed by atoms with Gasteiger partial charge in [0.15, 0.2) is 0 Å². The molecule has 76 valence electrons. The number of hydrogen-bond acceptors (Lipinski definition) is 1. The van der Waals surface area contributed by atoms with E-state index in [1.165, 1.54) is 5.56 Å². The Kier molecular flexibility index (Phi) is 4.36. The maximum Gasteiger partial charge on any atom is 0.0305 e. The highest BCUT2D eigenvalue weighted by atomic mass is 79.9. The Morgan fingerprint density at radius 3 is 2.71 bits per heavy atom. The summed E-state index contributed by atoms with van der Waals surface area (Å²) in [5.74, 6) is 0. The predicted molar refractivity (Wildman–Crippen MR) is 65.4 cm³/mol. The third-order valence-corrected chi connectivity index (χ3v) is 2.80. The fourth-order valence-corrected chi connectivity index (χ4v) is 1.89. The van der Waals surface area contributed by atoms with Crippen molar-refractivity contribution in [2.24, 2.45) is 0 Å². The van der Waals surface area contributed by atoms with E-state index in [1.54, 1.807) is 0 Å². The smallest absolute Gasteiger partial charge is 0.0305 e. The zero-order valence-electron chi connectivity index (χ0n) is 8.68. The van der Waals surface area contributed by atoms with Gasteiger partial charge in [-0.15, -0.1) is 0 Å². The van der Waals surface area contributed by atoms with Crippen molar-refractivity contribution in [3.05, 3.63) is 46.5 Å². The fourth-order valence-electron chi connectivity index (χ4n) is 1.26. The topological polar surface area (TPSA) is 12.0 Å². The van der Waals surface area contributed by atoms with E-state index >= 15 is 0 Å². The van der Waals surface area contributed by atoms with E-state index in [-0.39, 0.29) is 0 Å². The average Bonchev–Trinajstić information content (AvgIpc) is 2.15. The Morgan fingerprint density at radius 2 is 2.14 bits per heavy atom. The molecule has 0 aromatic heterocycles. The van der Waals surface area contributed by atoms with Gasteiger partial charge in [-0.2, -0.15) is 0 Å². The molecule has 1 N–H and O–H groups in total. The van der Waals surface area contributed by atoms with Gasteiger partial charge in [-0.1, -0.05) is 46.3 Å². The Bertz CT molecular complexity index is 320. The van der Waals surface area contributed by atoms with Crippen LogP contribution in [0.2, 0.25) is 0 Å². The highest BCUT2D eigenvalue weighted by molar-refractivity contribution is 9.10. The first kappa shape index (κ1) is 11.5. The number of hydrogen-bond donors (Lipinski definition) is 1. The molecule has 0 aliphatic heterocycles. The molecule has 0 aliphatic rings. The Morgan fingerprint density at radius 1 is 1.50 bits per heavy atom. The maximum absolute atomic E-state index is 3.87. The van der Waals surface area contributed by atoms with Gasteiger partial charge < -0.3 is 5.32 Å². The molecule has 0 radical (unpaired) electrons. The van der Waals surface area contributed by atoms with E-state index in [1.807, 2.05) is 13.0 Å². The van der Waals surface area contributed by atoms with Crippen LogP contribution in [-0.4, -0.2) is 6.54 Å². The minimum atomic E-state index is 0.349. The monoisotopic (exact) mass is 253 g/mol. The Hall–Kier alpha value is -0.600. The first-order valence-electron chi connectivity index (χ1n) is 4.73. The molecule has 1 rings (SSSR count). The van der Waals surface area contributed by atoms with Crippen LogP contribution < -0.4 is 5.32 Å². The number of rotatable bonds is 4. The van der Waals surface area contributed by atoms with Crippen molar-refractivity contribution in [2.75, 3.05) is 6.54 Å². The normalized spacial score (nSPS) is 12.5. The van der Waals surface area contributed by atoms with E-state index in [2.05, 4.69) is 52.9 Å². The quantitative estimate of drug-likeness (QED) is 0.808. The van der Waals surface area contributed by atoms with Crippen LogP contribution >= 0.6 is 15.9 Å². The van der Waals surface area contributed by atoms with Gasteiger partial charge >= 0.3 is 0 Å². The van der Waals surface area contributed by atoms with Gasteiger partial charge in [0.05, 0.1) is 0 Å². The summed E-state index contributed by atoms with van der Waals surface area (Å²) in [6.45, 7) is 8.92. The van der Waals surface area contributed by atoms with Gasteiger partial charge in [-0.3, -0.25) is 0 Å². The second kappa shape index (κ2) is 5.32.